The zero-order valence-electron chi connectivity index (χ0n) is 11.1. The van der Waals surface area contributed by atoms with Crippen LogP contribution >= 0.6 is 15.9 Å². The summed E-state index contributed by atoms with van der Waals surface area (Å²) in [6.45, 7) is 0.0469. The van der Waals surface area contributed by atoms with Crippen LogP contribution < -0.4 is 4.74 Å². The molecule has 0 saturated heterocycles. The number of rotatable bonds is 5. The molecule has 0 bridgehead atoms. The monoisotopic (exact) mass is 345 g/mol. The summed E-state index contributed by atoms with van der Waals surface area (Å²) in [5, 5.41) is 8.67. The van der Waals surface area contributed by atoms with Crippen molar-refractivity contribution in [3.05, 3.63) is 64.1 Å². The van der Waals surface area contributed by atoms with Gasteiger partial charge in [0.25, 0.3) is 0 Å². The highest BCUT2D eigenvalue weighted by Crippen LogP contribution is 2.13. The number of esters is 1. The van der Waals surface area contributed by atoms with E-state index >= 15 is 0 Å². The quantitative estimate of drug-likeness (QED) is 0.778. The summed E-state index contributed by atoms with van der Waals surface area (Å²) in [5.41, 5.74) is 1.45. The molecule has 0 radical (unpaired) electrons. The van der Waals surface area contributed by atoms with E-state index in [1.54, 1.807) is 24.3 Å². The topological polar surface area (TPSA) is 59.3 Å². The average molecular weight is 346 g/mol. The van der Waals surface area contributed by atoms with E-state index in [1.165, 1.54) is 0 Å². The van der Waals surface area contributed by atoms with E-state index in [9.17, 15) is 4.79 Å². The van der Waals surface area contributed by atoms with Crippen molar-refractivity contribution in [1.29, 1.82) is 5.26 Å². The summed E-state index contributed by atoms with van der Waals surface area (Å²) < 4.78 is 11.4. The minimum atomic E-state index is -0.442. The molecule has 0 aliphatic heterocycles. The Morgan fingerprint density at radius 1 is 1.10 bits per heavy atom. The minimum Gasteiger partial charge on any atom is -0.482 e. The van der Waals surface area contributed by atoms with Gasteiger partial charge >= 0.3 is 5.97 Å². The third kappa shape index (κ3) is 4.93. The number of nitrogens with zero attached hydrogens (tertiary/aromatic N) is 1. The molecular weight excluding hydrogens is 334 g/mol. The highest BCUT2D eigenvalue weighted by Gasteiger charge is 2.05. The van der Waals surface area contributed by atoms with Gasteiger partial charge in [0.05, 0.1) is 11.6 Å². The van der Waals surface area contributed by atoms with Crippen LogP contribution in [0, 0.1) is 11.3 Å². The second-order valence-corrected chi connectivity index (χ2v) is 5.13. The van der Waals surface area contributed by atoms with Crippen LogP contribution in [0.3, 0.4) is 0 Å². The number of ether oxygens (including phenoxy) is 2. The largest absolute Gasteiger partial charge is 0.482 e. The number of hydrogen-bond acceptors (Lipinski definition) is 4. The molecule has 106 valence electrons. The van der Waals surface area contributed by atoms with Crippen LogP contribution in [0.25, 0.3) is 0 Å². The zero-order chi connectivity index (χ0) is 15.1. The van der Waals surface area contributed by atoms with Crippen molar-refractivity contribution in [1.82, 2.24) is 0 Å². The van der Waals surface area contributed by atoms with Crippen molar-refractivity contribution in [3.63, 3.8) is 0 Å². The van der Waals surface area contributed by atoms with E-state index in [4.69, 9.17) is 14.7 Å². The number of halogens is 1. The predicted octanol–water partition coefficient (Wildman–Crippen LogP) is 3.44. The van der Waals surface area contributed by atoms with Gasteiger partial charge in [0.1, 0.15) is 12.4 Å². The van der Waals surface area contributed by atoms with E-state index in [0.717, 1.165) is 10.0 Å². The first-order chi connectivity index (χ1) is 10.2. The molecule has 2 rings (SSSR count). The standard InChI is InChI=1S/C16H12BrNO3/c17-14-5-1-13(2-6-14)10-21-16(19)11-20-15-7-3-12(9-18)4-8-15/h1-8H,10-11H2. The first-order valence-corrected chi connectivity index (χ1v) is 7.00. The van der Waals surface area contributed by atoms with Gasteiger partial charge in [-0.3, -0.25) is 0 Å². The summed E-state index contributed by atoms with van der Waals surface area (Å²) in [7, 11) is 0. The summed E-state index contributed by atoms with van der Waals surface area (Å²) in [6.07, 6.45) is 0. The van der Waals surface area contributed by atoms with Crippen LogP contribution in [0.2, 0.25) is 0 Å². The number of hydrogen-bond donors (Lipinski definition) is 0. The molecule has 2 aromatic rings. The van der Waals surface area contributed by atoms with Crippen LogP contribution in [-0.4, -0.2) is 12.6 Å². The Morgan fingerprint density at radius 3 is 2.38 bits per heavy atom. The molecule has 21 heavy (non-hydrogen) atoms. The lowest BCUT2D eigenvalue weighted by molar-refractivity contribution is -0.147. The molecule has 0 saturated carbocycles. The molecule has 0 spiro atoms. The van der Waals surface area contributed by atoms with E-state index < -0.39 is 5.97 Å². The van der Waals surface area contributed by atoms with Crippen molar-refractivity contribution in [2.45, 2.75) is 6.61 Å². The number of nitriles is 1. The molecule has 5 heteroatoms. The Kier molecular flexibility index (Phi) is 5.35. The van der Waals surface area contributed by atoms with Crippen molar-refractivity contribution in [3.8, 4) is 11.8 Å². The maximum Gasteiger partial charge on any atom is 0.344 e. The minimum absolute atomic E-state index is 0.164. The molecular formula is C16H12BrNO3. The first-order valence-electron chi connectivity index (χ1n) is 6.20. The van der Waals surface area contributed by atoms with Gasteiger partial charge in [0.15, 0.2) is 6.61 Å². The molecule has 0 aromatic heterocycles. The lowest BCUT2D eigenvalue weighted by Crippen LogP contribution is -2.14. The van der Waals surface area contributed by atoms with Crippen molar-refractivity contribution < 1.29 is 14.3 Å². The number of carbonyl (C=O) groups excluding carboxylic acids is 1. The van der Waals surface area contributed by atoms with Gasteiger partial charge in [-0.2, -0.15) is 5.26 Å². The SMILES string of the molecule is N#Cc1ccc(OCC(=O)OCc2ccc(Br)cc2)cc1. The Hall–Kier alpha value is -2.32. The molecule has 0 N–H and O–H groups in total. The van der Waals surface area contributed by atoms with Crippen molar-refractivity contribution in [2.24, 2.45) is 0 Å². The van der Waals surface area contributed by atoms with Gasteiger partial charge in [-0.1, -0.05) is 28.1 Å². The van der Waals surface area contributed by atoms with Crippen LogP contribution in [0.1, 0.15) is 11.1 Å². The lowest BCUT2D eigenvalue weighted by atomic mass is 10.2. The van der Waals surface area contributed by atoms with Gasteiger partial charge in [-0.15, -0.1) is 0 Å². The molecule has 0 amide bonds. The number of benzene rings is 2. The average Bonchev–Trinajstić information content (AvgIpc) is 2.53. The highest BCUT2D eigenvalue weighted by atomic mass is 79.9. The normalized spacial score (nSPS) is 9.71. The second kappa shape index (κ2) is 7.46. The molecule has 4 nitrogen and oxygen atoms in total. The smallest absolute Gasteiger partial charge is 0.344 e. The third-order valence-corrected chi connectivity index (χ3v) is 3.18. The predicted molar refractivity (Wildman–Crippen MR) is 80.6 cm³/mol. The lowest BCUT2D eigenvalue weighted by Gasteiger charge is -2.07. The maximum atomic E-state index is 11.6. The Balaban J connectivity index is 1.76. The van der Waals surface area contributed by atoms with Crippen molar-refractivity contribution in [2.75, 3.05) is 6.61 Å². The fraction of sp³-hybridized carbons (Fsp3) is 0.125. The first kappa shape index (κ1) is 15.1. The van der Waals surface area contributed by atoms with Crippen LogP contribution in [0.15, 0.2) is 53.0 Å². The van der Waals surface area contributed by atoms with Crippen LogP contribution in [0.4, 0.5) is 0 Å². The summed E-state index contributed by atoms with van der Waals surface area (Å²) >= 11 is 3.34. The molecule has 0 atom stereocenters. The Morgan fingerprint density at radius 2 is 1.76 bits per heavy atom. The summed E-state index contributed by atoms with van der Waals surface area (Å²) in [4.78, 5) is 11.6. The third-order valence-electron chi connectivity index (χ3n) is 2.65. The summed E-state index contributed by atoms with van der Waals surface area (Å²) in [5.74, 6) is 0.0804. The summed E-state index contributed by atoms with van der Waals surface area (Å²) in [6, 6.07) is 16.1. The van der Waals surface area contributed by atoms with Crippen molar-refractivity contribution >= 4 is 21.9 Å². The molecule has 0 aliphatic carbocycles. The molecule has 0 fully saturated rings. The fourth-order valence-electron chi connectivity index (χ4n) is 1.55. The molecule has 0 unspecified atom stereocenters. The molecule has 2 aromatic carbocycles. The molecule has 0 aliphatic rings. The van der Waals surface area contributed by atoms with E-state index in [0.29, 0.717) is 11.3 Å². The van der Waals surface area contributed by atoms with E-state index in [1.807, 2.05) is 30.3 Å². The fourth-order valence-corrected chi connectivity index (χ4v) is 1.82. The Bertz CT molecular complexity index is 645. The highest BCUT2D eigenvalue weighted by molar-refractivity contribution is 9.10. The van der Waals surface area contributed by atoms with E-state index in [2.05, 4.69) is 15.9 Å². The van der Waals surface area contributed by atoms with Gasteiger partial charge in [-0.05, 0) is 42.0 Å². The second-order valence-electron chi connectivity index (χ2n) is 4.21. The van der Waals surface area contributed by atoms with Gasteiger partial charge < -0.3 is 9.47 Å². The van der Waals surface area contributed by atoms with Gasteiger partial charge in [0, 0.05) is 4.47 Å². The van der Waals surface area contributed by atoms with Crippen LogP contribution in [-0.2, 0) is 16.1 Å². The molecule has 0 heterocycles. The van der Waals surface area contributed by atoms with E-state index in [-0.39, 0.29) is 13.2 Å². The van der Waals surface area contributed by atoms with Crippen LogP contribution in [0.5, 0.6) is 5.75 Å². The maximum absolute atomic E-state index is 11.6. The Labute approximate surface area is 131 Å². The zero-order valence-corrected chi connectivity index (χ0v) is 12.7. The van der Waals surface area contributed by atoms with Gasteiger partial charge in [-0.25, -0.2) is 4.79 Å². The van der Waals surface area contributed by atoms with Gasteiger partial charge in [0.2, 0.25) is 0 Å². The number of carbonyl (C=O) groups is 1.